The molecule has 2 aliphatic rings. The van der Waals surface area contributed by atoms with E-state index in [4.69, 9.17) is 0 Å². The van der Waals surface area contributed by atoms with Crippen LogP contribution in [0.2, 0.25) is 0 Å². The molecule has 6 heteroatoms. The van der Waals surface area contributed by atoms with E-state index in [0.717, 1.165) is 25.1 Å². The minimum atomic E-state index is -4.28. The van der Waals surface area contributed by atoms with Crippen molar-refractivity contribution in [3.8, 4) is 0 Å². The molecule has 1 aromatic carbocycles. The Morgan fingerprint density at radius 1 is 1.04 bits per heavy atom. The highest BCUT2D eigenvalue weighted by Crippen LogP contribution is 2.31. The van der Waals surface area contributed by atoms with Gasteiger partial charge in [-0.15, -0.1) is 0 Å². The highest BCUT2D eigenvalue weighted by molar-refractivity contribution is 5.68. The molecule has 3 rings (SSSR count). The van der Waals surface area contributed by atoms with Gasteiger partial charge in [0.05, 0.1) is 12.0 Å². The molecule has 2 aliphatic heterocycles. The lowest BCUT2D eigenvalue weighted by Crippen LogP contribution is -3.00. The third-order valence-electron chi connectivity index (χ3n) is 5.23. The van der Waals surface area contributed by atoms with Crippen LogP contribution >= 0.6 is 0 Å². The van der Waals surface area contributed by atoms with E-state index >= 15 is 0 Å². The number of hydrogen-bond donors (Lipinski definition) is 0. The average molecular weight is 431 g/mol. The average Bonchev–Trinajstić information content (AvgIpc) is 2.57. The molecular formula is C20H26BrF3N2. The molecule has 144 valence electrons. The first kappa shape index (κ1) is 21.0. The molecule has 0 unspecified atom stereocenters. The highest BCUT2D eigenvalue weighted by atomic mass is 79.9. The zero-order chi connectivity index (χ0) is 18.1. The van der Waals surface area contributed by atoms with E-state index in [0.29, 0.717) is 6.54 Å². The lowest BCUT2D eigenvalue weighted by molar-refractivity contribution is -0.612. The van der Waals surface area contributed by atoms with Gasteiger partial charge in [-0.25, -0.2) is 4.58 Å². The second-order valence-corrected chi connectivity index (χ2v) is 7.67. The van der Waals surface area contributed by atoms with Gasteiger partial charge in [0.15, 0.2) is 18.3 Å². The molecule has 0 amide bonds. The molecule has 0 aromatic heterocycles. The molecule has 0 aliphatic carbocycles. The van der Waals surface area contributed by atoms with E-state index in [9.17, 15) is 13.2 Å². The lowest BCUT2D eigenvalue weighted by atomic mass is 9.92. The summed E-state index contributed by atoms with van der Waals surface area (Å²) in [6, 6.07) is 5.50. The number of hydrogen-bond acceptors (Lipinski definition) is 1. The minimum Gasteiger partial charge on any atom is -1.00 e. The molecule has 1 fully saturated rings. The summed E-state index contributed by atoms with van der Waals surface area (Å²) < 4.78 is 40.3. The quantitative estimate of drug-likeness (QED) is 0.663. The summed E-state index contributed by atoms with van der Waals surface area (Å²) in [6.07, 6.45) is 4.80. The zero-order valence-electron chi connectivity index (χ0n) is 15.3. The molecule has 2 nitrogen and oxygen atoms in total. The summed E-state index contributed by atoms with van der Waals surface area (Å²) in [7, 11) is 0. The van der Waals surface area contributed by atoms with Crippen LogP contribution < -0.4 is 17.0 Å². The van der Waals surface area contributed by atoms with Gasteiger partial charge in [-0.1, -0.05) is 12.1 Å². The molecule has 0 atom stereocenters. The topological polar surface area (TPSA) is 6.25 Å². The molecule has 1 saturated heterocycles. The number of benzene rings is 1. The van der Waals surface area contributed by atoms with Crippen LogP contribution in [0.3, 0.4) is 0 Å². The summed E-state index contributed by atoms with van der Waals surface area (Å²) in [5.74, 6) is 0. The number of allylic oxidation sites excluding steroid dienone is 1. The second kappa shape index (κ2) is 8.15. The van der Waals surface area contributed by atoms with E-state index in [1.54, 1.807) is 12.1 Å². The Hall–Kier alpha value is -1.30. The maximum Gasteiger partial charge on any atom is 0.416 e. The Bertz CT molecular complexity index is 669. The number of alkyl halides is 3. The van der Waals surface area contributed by atoms with Crippen molar-refractivity contribution in [3.05, 3.63) is 47.2 Å². The summed E-state index contributed by atoms with van der Waals surface area (Å²) in [5.41, 5.74) is 1.63. The Kier molecular flexibility index (Phi) is 6.59. The Labute approximate surface area is 164 Å². The van der Waals surface area contributed by atoms with Crippen LogP contribution in [0.4, 0.5) is 13.2 Å². The van der Waals surface area contributed by atoms with E-state index in [2.05, 4.69) is 35.6 Å². The van der Waals surface area contributed by atoms with Crippen molar-refractivity contribution < 1.29 is 34.7 Å². The van der Waals surface area contributed by atoms with Crippen molar-refractivity contribution in [2.24, 2.45) is 0 Å². The Morgan fingerprint density at radius 2 is 1.65 bits per heavy atom. The number of nitrogens with zero attached hydrogens (tertiary/aromatic N) is 2. The zero-order valence-corrected chi connectivity index (χ0v) is 16.9. The van der Waals surface area contributed by atoms with Gasteiger partial charge >= 0.3 is 6.18 Å². The molecule has 0 saturated carbocycles. The summed E-state index contributed by atoms with van der Waals surface area (Å²) in [6.45, 7) is 7.29. The third kappa shape index (κ3) is 4.90. The SMILES string of the molecule is CC1(C)CC(N2CCCCC2)=CC=[N+]1Cc1ccc(C(F)(F)F)cc1.[Br-]. The number of likely N-dealkylation sites (tertiary alicyclic amines) is 1. The predicted molar refractivity (Wildman–Crippen MR) is 93.7 cm³/mol. The van der Waals surface area contributed by atoms with Crippen molar-refractivity contribution in [2.45, 2.75) is 57.8 Å². The second-order valence-electron chi connectivity index (χ2n) is 7.67. The summed E-state index contributed by atoms with van der Waals surface area (Å²) in [4.78, 5) is 2.48. The fourth-order valence-corrected chi connectivity index (χ4v) is 3.64. The fourth-order valence-electron chi connectivity index (χ4n) is 3.64. The van der Waals surface area contributed by atoms with Crippen LogP contribution in [0.5, 0.6) is 0 Å². The van der Waals surface area contributed by atoms with Crippen molar-refractivity contribution >= 4 is 6.21 Å². The van der Waals surface area contributed by atoms with Gasteiger partial charge in [0.1, 0.15) is 0 Å². The molecule has 0 spiro atoms. The standard InChI is InChI=1S/C20H26F3N2.BrH/c1-19(2)14-18(24-11-4-3-5-12-24)10-13-25(19)15-16-6-8-17(9-7-16)20(21,22)23;/h6-10,13H,3-5,11-12,14-15H2,1-2H3;1H/q+1;/p-1. The minimum absolute atomic E-state index is 0. The van der Waals surface area contributed by atoms with E-state index in [1.807, 2.05) is 0 Å². The molecule has 0 N–H and O–H groups in total. The molecule has 0 radical (unpaired) electrons. The van der Waals surface area contributed by atoms with Gasteiger partial charge < -0.3 is 21.9 Å². The van der Waals surface area contributed by atoms with Crippen LogP contribution in [0.25, 0.3) is 0 Å². The first-order valence-corrected chi connectivity index (χ1v) is 8.98. The van der Waals surface area contributed by atoms with E-state index in [1.165, 1.54) is 37.1 Å². The van der Waals surface area contributed by atoms with Gasteiger partial charge in [0, 0.05) is 44.3 Å². The number of rotatable bonds is 3. The summed E-state index contributed by atoms with van der Waals surface area (Å²) in [5, 5.41) is 0. The maximum absolute atomic E-state index is 12.7. The number of halogens is 4. The van der Waals surface area contributed by atoms with Crippen molar-refractivity contribution in [3.63, 3.8) is 0 Å². The fraction of sp³-hybridized carbons (Fsp3) is 0.550. The Balaban J connectivity index is 0.00000243. The van der Waals surface area contributed by atoms with Gasteiger partial charge in [-0.05, 0) is 31.4 Å². The van der Waals surface area contributed by atoms with Gasteiger partial charge in [-0.2, -0.15) is 13.2 Å². The predicted octanol–water partition coefficient (Wildman–Crippen LogP) is 1.84. The van der Waals surface area contributed by atoms with Crippen LogP contribution in [-0.2, 0) is 12.7 Å². The van der Waals surface area contributed by atoms with Crippen LogP contribution in [0.1, 0.15) is 50.7 Å². The van der Waals surface area contributed by atoms with Gasteiger partial charge in [-0.3, -0.25) is 0 Å². The third-order valence-corrected chi connectivity index (χ3v) is 5.23. The van der Waals surface area contributed by atoms with Crippen molar-refractivity contribution in [2.75, 3.05) is 13.1 Å². The van der Waals surface area contributed by atoms with Gasteiger partial charge in [0.25, 0.3) is 0 Å². The largest absolute Gasteiger partial charge is 1.00 e. The molecule has 26 heavy (non-hydrogen) atoms. The first-order valence-electron chi connectivity index (χ1n) is 8.98. The smallest absolute Gasteiger partial charge is 0.416 e. The van der Waals surface area contributed by atoms with Crippen molar-refractivity contribution in [1.29, 1.82) is 0 Å². The number of piperidine rings is 1. The highest BCUT2D eigenvalue weighted by Gasteiger charge is 2.36. The van der Waals surface area contributed by atoms with Crippen LogP contribution in [0.15, 0.2) is 36.0 Å². The Morgan fingerprint density at radius 3 is 2.19 bits per heavy atom. The normalized spacial score (nSPS) is 20.1. The maximum atomic E-state index is 12.7. The van der Waals surface area contributed by atoms with Gasteiger partial charge in [0.2, 0.25) is 0 Å². The van der Waals surface area contributed by atoms with Crippen LogP contribution in [0, 0.1) is 0 Å². The van der Waals surface area contributed by atoms with E-state index in [-0.39, 0.29) is 22.5 Å². The van der Waals surface area contributed by atoms with Crippen molar-refractivity contribution in [1.82, 2.24) is 4.90 Å². The first-order chi connectivity index (χ1) is 11.8. The molecular weight excluding hydrogens is 405 g/mol. The monoisotopic (exact) mass is 430 g/mol. The van der Waals surface area contributed by atoms with Crippen LogP contribution in [-0.4, -0.2) is 34.3 Å². The molecule has 0 bridgehead atoms. The molecule has 1 aromatic rings. The lowest BCUT2D eigenvalue weighted by Gasteiger charge is -2.36. The summed E-state index contributed by atoms with van der Waals surface area (Å²) >= 11 is 0. The molecule has 2 heterocycles. The van der Waals surface area contributed by atoms with E-state index < -0.39 is 11.7 Å².